The summed E-state index contributed by atoms with van der Waals surface area (Å²) in [6.07, 6.45) is 5.29. The molecule has 2 N–H and O–H groups in total. The van der Waals surface area contributed by atoms with Crippen molar-refractivity contribution in [2.24, 2.45) is 5.92 Å². The van der Waals surface area contributed by atoms with E-state index in [2.05, 4.69) is 22.5 Å². The molecule has 1 heterocycles. The Kier molecular flexibility index (Phi) is 5.91. The number of amides is 2. The van der Waals surface area contributed by atoms with Crippen LogP contribution in [0.3, 0.4) is 0 Å². The topological polar surface area (TPSA) is 61.4 Å². The minimum atomic E-state index is -0.343. The summed E-state index contributed by atoms with van der Waals surface area (Å²) in [4.78, 5) is 26.4. The van der Waals surface area contributed by atoms with E-state index in [1.54, 1.807) is 0 Å². The normalized spacial score (nSPS) is 20.2. The summed E-state index contributed by atoms with van der Waals surface area (Å²) < 4.78 is 12.9. The summed E-state index contributed by atoms with van der Waals surface area (Å²) >= 11 is 0. The first-order valence-corrected chi connectivity index (χ1v) is 9.51. The van der Waals surface area contributed by atoms with Crippen molar-refractivity contribution in [3.05, 3.63) is 35.6 Å². The second kappa shape index (κ2) is 8.16. The smallest absolute Gasteiger partial charge is 0.251 e. The number of carbonyl (C=O) groups excluding carboxylic acids is 2. The third kappa shape index (κ3) is 5.04. The number of benzene rings is 1. The molecule has 0 aromatic heterocycles. The molecule has 1 saturated carbocycles. The van der Waals surface area contributed by atoms with E-state index in [0.717, 1.165) is 38.8 Å². The molecule has 1 saturated heterocycles. The van der Waals surface area contributed by atoms with Gasteiger partial charge in [-0.3, -0.25) is 14.5 Å². The van der Waals surface area contributed by atoms with E-state index in [9.17, 15) is 14.0 Å². The molecule has 26 heavy (non-hydrogen) atoms. The van der Waals surface area contributed by atoms with Gasteiger partial charge in [-0.2, -0.15) is 0 Å². The summed E-state index contributed by atoms with van der Waals surface area (Å²) in [7, 11) is 0. The van der Waals surface area contributed by atoms with Crippen molar-refractivity contribution in [1.82, 2.24) is 15.5 Å². The lowest BCUT2D eigenvalue weighted by molar-refractivity contribution is -0.125. The second-order valence-electron chi connectivity index (χ2n) is 7.90. The summed E-state index contributed by atoms with van der Waals surface area (Å²) in [5.74, 6) is 0.0305. The van der Waals surface area contributed by atoms with Crippen LogP contribution in [0.5, 0.6) is 0 Å². The number of hydrogen-bond acceptors (Lipinski definition) is 3. The van der Waals surface area contributed by atoms with Gasteiger partial charge >= 0.3 is 0 Å². The minimum absolute atomic E-state index is 0.0139. The number of carbonyl (C=O) groups is 2. The van der Waals surface area contributed by atoms with E-state index >= 15 is 0 Å². The SMILES string of the molecule is CC1(NC(=O)CN2CCC(CNC(=O)c3ccc(F)cc3)CC2)CCC1. The number of nitrogens with one attached hydrogen (secondary N) is 2. The average Bonchev–Trinajstić information content (AvgIpc) is 2.60. The van der Waals surface area contributed by atoms with E-state index in [0.29, 0.717) is 24.6 Å². The fourth-order valence-corrected chi connectivity index (χ4v) is 3.70. The van der Waals surface area contributed by atoms with Gasteiger partial charge in [-0.25, -0.2) is 4.39 Å². The van der Waals surface area contributed by atoms with E-state index in [1.807, 2.05) is 0 Å². The van der Waals surface area contributed by atoms with Crippen molar-refractivity contribution >= 4 is 11.8 Å². The first-order valence-electron chi connectivity index (χ1n) is 9.51. The highest BCUT2D eigenvalue weighted by Crippen LogP contribution is 2.30. The number of rotatable bonds is 6. The molecule has 1 aliphatic carbocycles. The van der Waals surface area contributed by atoms with Gasteiger partial charge in [0.25, 0.3) is 5.91 Å². The molecule has 0 bridgehead atoms. The van der Waals surface area contributed by atoms with E-state index in [4.69, 9.17) is 0 Å². The molecule has 142 valence electrons. The van der Waals surface area contributed by atoms with E-state index < -0.39 is 0 Å². The summed E-state index contributed by atoms with van der Waals surface area (Å²) in [5, 5.41) is 6.08. The molecule has 0 unspecified atom stereocenters. The molecule has 5 nitrogen and oxygen atoms in total. The maximum absolute atomic E-state index is 12.9. The van der Waals surface area contributed by atoms with Crippen LogP contribution in [0.25, 0.3) is 0 Å². The Bertz CT molecular complexity index is 635. The average molecular weight is 361 g/mol. The lowest BCUT2D eigenvalue weighted by atomic mass is 9.78. The van der Waals surface area contributed by atoms with Crippen LogP contribution in [0.15, 0.2) is 24.3 Å². The van der Waals surface area contributed by atoms with Gasteiger partial charge < -0.3 is 10.6 Å². The van der Waals surface area contributed by atoms with Crippen molar-refractivity contribution in [1.29, 1.82) is 0 Å². The van der Waals surface area contributed by atoms with E-state index in [-0.39, 0.29) is 23.2 Å². The molecular formula is C20H28FN3O2. The van der Waals surface area contributed by atoms with Gasteiger partial charge in [-0.1, -0.05) is 0 Å². The van der Waals surface area contributed by atoms with Crippen LogP contribution in [0.1, 0.15) is 49.4 Å². The Balaban J connectivity index is 1.35. The van der Waals surface area contributed by atoms with Crippen LogP contribution < -0.4 is 10.6 Å². The largest absolute Gasteiger partial charge is 0.352 e. The molecule has 0 radical (unpaired) electrons. The summed E-state index contributed by atoms with van der Waals surface area (Å²) in [6.45, 7) is 4.95. The predicted octanol–water partition coefficient (Wildman–Crippen LogP) is 2.33. The Morgan fingerprint density at radius 3 is 2.42 bits per heavy atom. The Labute approximate surface area is 154 Å². The van der Waals surface area contributed by atoms with Crippen LogP contribution in [-0.2, 0) is 4.79 Å². The third-order valence-electron chi connectivity index (χ3n) is 5.63. The van der Waals surface area contributed by atoms with Crippen LogP contribution in [0, 0.1) is 11.7 Å². The standard InChI is InChI=1S/C20H28FN3O2/c1-20(9-2-10-20)23-18(25)14-24-11-7-15(8-12-24)13-22-19(26)16-3-5-17(21)6-4-16/h3-6,15H,2,7-14H2,1H3,(H,22,26)(H,23,25). The highest BCUT2D eigenvalue weighted by molar-refractivity contribution is 5.94. The Morgan fingerprint density at radius 2 is 1.85 bits per heavy atom. The lowest BCUT2D eigenvalue weighted by Gasteiger charge is -2.40. The quantitative estimate of drug-likeness (QED) is 0.817. The molecular weight excluding hydrogens is 333 g/mol. The number of likely N-dealkylation sites (tertiary alicyclic amines) is 1. The van der Waals surface area contributed by atoms with Gasteiger partial charge in [0.2, 0.25) is 5.91 Å². The summed E-state index contributed by atoms with van der Waals surface area (Å²) in [5.41, 5.74) is 0.491. The molecule has 2 aliphatic rings. The highest BCUT2D eigenvalue weighted by Gasteiger charge is 2.33. The predicted molar refractivity (Wildman–Crippen MR) is 98.3 cm³/mol. The fraction of sp³-hybridized carbons (Fsp3) is 0.600. The molecule has 2 amide bonds. The van der Waals surface area contributed by atoms with Gasteiger partial charge in [0, 0.05) is 17.6 Å². The molecule has 6 heteroatoms. The van der Waals surface area contributed by atoms with Crippen molar-refractivity contribution in [2.75, 3.05) is 26.2 Å². The second-order valence-corrected chi connectivity index (χ2v) is 7.90. The van der Waals surface area contributed by atoms with Crippen molar-refractivity contribution in [3.8, 4) is 0 Å². The molecule has 0 atom stereocenters. The van der Waals surface area contributed by atoms with Gasteiger partial charge in [-0.05, 0) is 82.3 Å². The zero-order chi connectivity index (χ0) is 18.6. The Hall–Kier alpha value is -1.95. The number of hydrogen-bond donors (Lipinski definition) is 2. The zero-order valence-corrected chi connectivity index (χ0v) is 15.4. The van der Waals surface area contributed by atoms with E-state index in [1.165, 1.54) is 30.7 Å². The third-order valence-corrected chi connectivity index (χ3v) is 5.63. The van der Waals surface area contributed by atoms with Crippen LogP contribution in [0.4, 0.5) is 4.39 Å². The van der Waals surface area contributed by atoms with Crippen LogP contribution >= 0.6 is 0 Å². The monoisotopic (exact) mass is 361 g/mol. The van der Waals surface area contributed by atoms with Crippen molar-refractivity contribution in [2.45, 2.75) is 44.6 Å². The zero-order valence-electron chi connectivity index (χ0n) is 15.4. The van der Waals surface area contributed by atoms with Gasteiger partial charge in [0.15, 0.2) is 0 Å². The van der Waals surface area contributed by atoms with Gasteiger partial charge in [0.1, 0.15) is 5.82 Å². The number of piperidine rings is 1. The maximum Gasteiger partial charge on any atom is 0.251 e. The number of halogens is 1. The van der Waals surface area contributed by atoms with Gasteiger partial charge in [-0.15, -0.1) is 0 Å². The highest BCUT2D eigenvalue weighted by atomic mass is 19.1. The van der Waals surface area contributed by atoms with Gasteiger partial charge in [0.05, 0.1) is 6.54 Å². The summed E-state index contributed by atoms with van der Waals surface area (Å²) in [6, 6.07) is 5.58. The molecule has 1 aliphatic heterocycles. The molecule has 1 aromatic carbocycles. The first-order chi connectivity index (χ1) is 12.4. The maximum atomic E-state index is 12.9. The van der Waals surface area contributed by atoms with Crippen LogP contribution in [-0.4, -0.2) is 48.4 Å². The van der Waals surface area contributed by atoms with Crippen molar-refractivity contribution < 1.29 is 14.0 Å². The lowest BCUT2D eigenvalue weighted by Crippen LogP contribution is -2.54. The minimum Gasteiger partial charge on any atom is -0.352 e. The molecule has 3 rings (SSSR count). The number of nitrogens with zero attached hydrogens (tertiary/aromatic N) is 1. The Morgan fingerprint density at radius 1 is 1.19 bits per heavy atom. The fourth-order valence-electron chi connectivity index (χ4n) is 3.70. The van der Waals surface area contributed by atoms with Crippen molar-refractivity contribution in [3.63, 3.8) is 0 Å². The molecule has 1 aromatic rings. The molecule has 2 fully saturated rings. The van der Waals surface area contributed by atoms with Crippen LogP contribution in [0.2, 0.25) is 0 Å². The first kappa shape index (κ1) is 18.8. The molecule has 0 spiro atoms.